The molecular weight excluding hydrogens is 269 g/mol. The molecule has 0 aromatic rings. The molecule has 6 heavy (non-hydrogen) atoms. The summed E-state index contributed by atoms with van der Waals surface area (Å²) in [5, 5.41) is 0. The van der Waals surface area contributed by atoms with Crippen LogP contribution in [0.3, 0.4) is 0 Å². The first-order chi connectivity index (χ1) is 2.64. The fourth-order valence-corrected chi connectivity index (χ4v) is 0. The molecule has 0 N–H and O–H groups in total. The molecule has 0 radical (unpaired) electrons. The Hall–Kier alpha value is 0.883. The summed E-state index contributed by atoms with van der Waals surface area (Å²) in [6.07, 6.45) is 0. The van der Waals surface area contributed by atoms with Crippen molar-refractivity contribution in [2.45, 2.75) is 26.7 Å². The normalized spacial score (nSPS) is 11.0. The minimum absolute atomic E-state index is 0.755. The average Bonchev–Trinajstić information content (AvgIpc) is 1.36. The van der Waals surface area contributed by atoms with Gasteiger partial charge in [0.05, 0.1) is 0 Å². The van der Waals surface area contributed by atoms with Gasteiger partial charge in [0.1, 0.15) is 0 Å². The summed E-state index contributed by atoms with van der Waals surface area (Å²) in [4.78, 5) is 0. The Bertz CT molecular complexity index is 24.9. The molecule has 0 aliphatic heterocycles. The molecule has 0 bridgehead atoms. The monoisotopic (exact) mass is 282 g/mol. The Morgan fingerprint density at radius 1 is 1.17 bits per heavy atom. The van der Waals surface area contributed by atoms with Gasteiger partial charge in [0, 0.05) is 0 Å². The summed E-state index contributed by atoms with van der Waals surface area (Å²) in [6.45, 7) is 4.66. The van der Waals surface area contributed by atoms with Gasteiger partial charge in [-0.05, 0) is 0 Å². The van der Waals surface area contributed by atoms with E-state index in [4.69, 9.17) is 0 Å². The van der Waals surface area contributed by atoms with Crippen LogP contribution in [0.4, 0.5) is 0 Å². The van der Waals surface area contributed by atoms with E-state index in [-0.39, 0.29) is 0 Å². The maximum atomic E-state index is 2.44. The van der Waals surface area contributed by atoms with Crippen LogP contribution in [0, 0.1) is 0 Å². The van der Waals surface area contributed by atoms with E-state index in [1.54, 1.807) is 0 Å². The third kappa shape index (κ3) is 3.09. The van der Waals surface area contributed by atoms with Gasteiger partial charge in [0.25, 0.3) is 0 Å². The second-order valence-electron chi connectivity index (χ2n) is 2.06. The quantitative estimate of drug-likeness (QED) is 0.646. The van der Waals surface area contributed by atoms with Gasteiger partial charge >= 0.3 is 48.5 Å². The topological polar surface area (TPSA) is 0 Å². The van der Waals surface area contributed by atoms with Gasteiger partial charge in [0.15, 0.2) is 0 Å². The third-order valence-electron chi connectivity index (χ3n) is 1.03. The Balaban J connectivity index is 2.99. The summed E-state index contributed by atoms with van der Waals surface area (Å²) in [7, 11) is 0. The molecule has 0 aromatic carbocycles. The molecule has 0 atom stereocenters. The van der Waals surface area contributed by atoms with E-state index in [2.05, 4.69) is 23.1 Å². The van der Waals surface area contributed by atoms with Crippen molar-refractivity contribution in [1.82, 2.24) is 0 Å². The molecular formula is C5H13Bi. The van der Waals surface area contributed by atoms with E-state index in [0.29, 0.717) is 0 Å². The van der Waals surface area contributed by atoms with Crippen LogP contribution in [-0.4, -0.2) is 21.8 Å². The van der Waals surface area contributed by atoms with Crippen molar-refractivity contribution in [2.75, 3.05) is 0 Å². The van der Waals surface area contributed by atoms with Crippen molar-refractivity contribution < 1.29 is 0 Å². The van der Waals surface area contributed by atoms with Crippen LogP contribution < -0.4 is 0 Å². The zero-order chi connectivity index (χ0) is 5.15. The van der Waals surface area contributed by atoms with Gasteiger partial charge in [0.2, 0.25) is 0 Å². The van der Waals surface area contributed by atoms with Gasteiger partial charge in [-0.3, -0.25) is 0 Å². The van der Waals surface area contributed by atoms with Crippen molar-refractivity contribution in [3.63, 3.8) is 0 Å². The summed E-state index contributed by atoms with van der Waals surface area (Å²) < 4.78 is 5.94. The Morgan fingerprint density at radius 3 is 1.33 bits per heavy atom. The van der Waals surface area contributed by atoms with E-state index in [1.165, 1.54) is 0 Å². The summed E-state index contributed by atoms with van der Waals surface area (Å²) >= 11 is -0.755. The first kappa shape index (κ1) is 6.88. The molecule has 1 heteroatoms. The predicted molar refractivity (Wildman–Crippen MR) is 32.6 cm³/mol. The first-order valence-corrected chi connectivity index (χ1v) is 11.3. The molecule has 0 rings (SSSR count). The number of hydrogen-bond donors (Lipinski definition) is 0. The second-order valence-corrected chi connectivity index (χ2v) is 13.6. The van der Waals surface area contributed by atoms with E-state index in [9.17, 15) is 0 Å². The van der Waals surface area contributed by atoms with Gasteiger partial charge in [-0.2, -0.15) is 0 Å². The first-order valence-electron chi connectivity index (χ1n) is 2.31. The zero-order valence-electron chi connectivity index (χ0n) is 5.02. The van der Waals surface area contributed by atoms with E-state index in [0.717, 1.165) is 3.63 Å². The minimum atomic E-state index is -0.755. The predicted octanol–water partition coefficient (Wildman–Crippen LogP) is 2.15. The van der Waals surface area contributed by atoms with Crippen LogP contribution in [0.2, 0.25) is 12.9 Å². The van der Waals surface area contributed by atoms with Crippen LogP contribution in [0.1, 0.15) is 13.8 Å². The molecule has 0 spiro atoms. The van der Waals surface area contributed by atoms with Crippen molar-refractivity contribution in [1.29, 1.82) is 0 Å². The van der Waals surface area contributed by atoms with Gasteiger partial charge in [-0.25, -0.2) is 0 Å². The molecule has 0 saturated carbocycles. The molecule has 0 unspecified atom stereocenters. The fourth-order valence-electron chi connectivity index (χ4n) is 0. The molecule has 0 heterocycles. The van der Waals surface area contributed by atoms with Crippen molar-refractivity contribution in [3.05, 3.63) is 0 Å². The van der Waals surface area contributed by atoms with E-state index < -0.39 is 21.8 Å². The number of rotatable bonds is 1. The molecule has 0 aliphatic carbocycles. The molecule has 0 amide bonds. The standard InChI is InChI=1S/C3H7.2CH3.Bi/c1-3-2;;;/h3H,1-2H3;2*1H3;. The fraction of sp³-hybridized carbons (Fsp3) is 1.00. The Morgan fingerprint density at radius 2 is 1.33 bits per heavy atom. The van der Waals surface area contributed by atoms with Gasteiger partial charge in [-0.1, -0.05) is 0 Å². The van der Waals surface area contributed by atoms with Crippen LogP contribution in [0.5, 0.6) is 0 Å². The molecule has 0 fully saturated rings. The summed E-state index contributed by atoms with van der Waals surface area (Å²) in [6, 6.07) is 0. The summed E-state index contributed by atoms with van der Waals surface area (Å²) in [5.41, 5.74) is 0. The van der Waals surface area contributed by atoms with Gasteiger partial charge < -0.3 is 0 Å². The molecule has 0 saturated heterocycles. The van der Waals surface area contributed by atoms with Crippen LogP contribution >= 0.6 is 0 Å². The van der Waals surface area contributed by atoms with E-state index in [1.807, 2.05) is 0 Å². The Labute approximate surface area is 48.6 Å². The van der Waals surface area contributed by atoms with Crippen LogP contribution in [0.15, 0.2) is 0 Å². The maximum absolute atomic E-state index is 2.44. The third-order valence-corrected chi connectivity index (χ3v) is 9.06. The zero-order valence-corrected chi connectivity index (χ0v) is 8.50. The average molecular weight is 282 g/mol. The van der Waals surface area contributed by atoms with Crippen molar-refractivity contribution in [2.24, 2.45) is 0 Å². The van der Waals surface area contributed by atoms with Gasteiger partial charge in [-0.15, -0.1) is 0 Å². The van der Waals surface area contributed by atoms with E-state index >= 15 is 0 Å². The molecule has 38 valence electrons. The Kier molecular flexibility index (Phi) is 3.40. The molecule has 0 nitrogen and oxygen atoms in total. The number of hydrogen-bond acceptors (Lipinski definition) is 0. The van der Waals surface area contributed by atoms with Crippen LogP contribution in [0.25, 0.3) is 0 Å². The molecule has 0 aromatic heterocycles. The van der Waals surface area contributed by atoms with Crippen molar-refractivity contribution >= 4 is 21.8 Å². The molecule has 0 aliphatic rings. The van der Waals surface area contributed by atoms with Crippen LogP contribution in [-0.2, 0) is 0 Å². The summed E-state index contributed by atoms with van der Waals surface area (Å²) in [5.74, 6) is 0. The van der Waals surface area contributed by atoms with Crippen molar-refractivity contribution in [3.8, 4) is 0 Å². The SMILES string of the molecule is C[CH](C)[Bi]([CH3])[CH3]. The second kappa shape index (κ2) is 2.96.